The van der Waals surface area contributed by atoms with Crippen molar-refractivity contribution in [3.8, 4) is 0 Å². The quantitative estimate of drug-likeness (QED) is 0.251. The van der Waals surface area contributed by atoms with Crippen LogP contribution in [0.5, 0.6) is 0 Å². The Kier molecular flexibility index (Phi) is 20.9. The minimum absolute atomic E-state index is 0.818. The molecule has 0 aliphatic rings. The summed E-state index contributed by atoms with van der Waals surface area (Å²) in [5.41, 5.74) is 5.47. The van der Waals surface area contributed by atoms with Crippen molar-refractivity contribution in [2.45, 2.75) is 122 Å². The van der Waals surface area contributed by atoms with Gasteiger partial charge in [0.25, 0.3) is 0 Å². The zero-order valence-corrected chi connectivity index (χ0v) is 15.6. The van der Waals surface area contributed by atoms with Crippen LogP contribution in [0.15, 0.2) is 0 Å². The van der Waals surface area contributed by atoms with Gasteiger partial charge in [0.15, 0.2) is 0 Å². The summed E-state index contributed by atoms with van der Waals surface area (Å²) in [6.45, 7) is 3.11. The maximum Gasteiger partial charge on any atom is -0.00745 e. The van der Waals surface area contributed by atoms with Crippen molar-refractivity contribution >= 4 is 0 Å². The fourth-order valence-corrected chi connectivity index (χ4v) is 3.10. The first kappa shape index (κ1) is 22.0. The van der Waals surface area contributed by atoms with Gasteiger partial charge in [0.1, 0.15) is 0 Å². The van der Waals surface area contributed by atoms with Crippen LogP contribution in [0.4, 0.5) is 0 Å². The molecule has 0 rings (SSSR count). The van der Waals surface area contributed by atoms with E-state index in [0.717, 1.165) is 13.0 Å². The van der Waals surface area contributed by atoms with E-state index in [9.17, 15) is 0 Å². The zero-order chi connectivity index (χ0) is 16.1. The molecule has 2 N–H and O–H groups in total. The summed E-state index contributed by atoms with van der Waals surface area (Å²) in [6, 6.07) is 0. The summed E-state index contributed by atoms with van der Waals surface area (Å²) in [5, 5.41) is 0. The first-order valence-corrected chi connectivity index (χ1v) is 10.4. The summed E-state index contributed by atoms with van der Waals surface area (Å²) >= 11 is 0. The number of hydrogen-bond acceptors (Lipinski definition) is 1. The Balaban J connectivity index is 2.91. The van der Waals surface area contributed by atoms with Crippen molar-refractivity contribution < 1.29 is 0 Å². The third-order valence-corrected chi connectivity index (χ3v) is 4.63. The molecular weight excluding hydrogens is 266 g/mol. The van der Waals surface area contributed by atoms with Gasteiger partial charge >= 0.3 is 0 Å². The predicted molar refractivity (Wildman–Crippen MR) is 102 cm³/mol. The topological polar surface area (TPSA) is 26.0 Å². The van der Waals surface area contributed by atoms with Crippen molar-refractivity contribution in [3.05, 3.63) is 6.42 Å². The molecular formula is C21H44N. The smallest absolute Gasteiger partial charge is 0.00745 e. The van der Waals surface area contributed by atoms with Gasteiger partial charge in [-0.25, -0.2) is 0 Å². The van der Waals surface area contributed by atoms with E-state index in [1.165, 1.54) is 109 Å². The first-order chi connectivity index (χ1) is 10.9. The SMILES string of the molecule is CCCCCCCCCCCCCCCCCC[CH]CCN. The normalized spacial score (nSPS) is 11.2. The van der Waals surface area contributed by atoms with Crippen LogP contribution < -0.4 is 5.73 Å². The van der Waals surface area contributed by atoms with Crippen molar-refractivity contribution in [1.82, 2.24) is 0 Å². The molecule has 0 heterocycles. The van der Waals surface area contributed by atoms with Gasteiger partial charge in [0.2, 0.25) is 0 Å². The van der Waals surface area contributed by atoms with Crippen LogP contribution in [-0.4, -0.2) is 6.54 Å². The maximum absolute atomic E-state index is 5.47. The highest BCUT2D eigenvalue weighted by molar-refractivity contribution is 4.64. The number of nitrogens with two attached hydrogens (primary N) is 1. The molecule has 0 saturated heterocycles. The Morgan fingerprint density at radius 1 is 0.500 bits per heavy atom. The Hall–Kier alpha value is -0.0400. The van der Waals surface area contributed by atoms with E-state index >= 15 is 0 Å². The van der Waals surface area contributed by atoms with Gasteiger partial charge in [-0.15, -0.1) is 0 Å². The van der Waals surface area contributed by atoms with Gasteiger partial charge in [0.05, 0.1) is 0 Å². The Morgan fingerprint density at radius 3 is 1.23 bits per heavy atom. The highest BCUT2D eigenvalue weighted by atomic mass is 14.5. The first-order valence-electron chi connectivity index (χ1n) is 10.4. The van der Waals surface area contributed by atoms with Gasteiger partial charge in [-0.05, 0) is 19.4 Å². The minimum Gasteiger partial charge on any atom is -0.330 e. The van der Waals surface area contributed by atoms with Crippen LogP contribution in [0, 0.1) is 6.42 Å². The molecule has 0 fully saturated rings. The summed E-state index contributed by atoms with van der Waals surface area (Å²) < 4.78 is 0. The molecule has 0 unspecified atom stereocenters. The molecule has 0 spiro atoms. The lowest BCUT2D eigenvalue weighted by Crippen LogP contribution is -1.97. The van der Waals surface area contributed by atoms with E-state index in [2.05, 4.69) is 13.3 Å². The number of unbranched alkanes of at least 4 members (excludes halogenated alkanes) is 18. The van der Waals surface area contributed by atoms with Crippen LogP contribution in [-0.2, 0) is 0 Å². The second-order valence-corrected chi connectivity index (χ2v) is 6.96. The van der Waals surface area contributed by atoms with Gasteiger partial charge in [0, 0.05) is 0 Å². The highest BCUT2D eigenvalue weighted by Gasteiger charge is 1.94. The summed E-state index contributed by atoms with van der Waals surface area (Å²) in [7, 11) is 0. The summed E-state index contributed by atoms with van der Waals surface area (Å²) in [4.78, 5) is 0. The molecule has 22 heavy (non-hydrogen) atoms. The number of hydrogen-bond donors (Lipinski definition) is 1. The van der Waals surface area contributed by atoms with E-state index in [4.69, 9.17) is 5.73 Å². The standard InChI is InChI=1S/C21H44N/c1-2-3-4-5-6-7-8-9-10-11-12-13-14-15-16-17-18-19-20-21-22/h19H,2-18,20-22H2,1H3. The number of rotatable bonds is 19. The second kappa shape index (κ2) is 21.0. The Morgan fingerprint density at radius 2 is 0.864 bits per heavy atom. The van der Waals surface area contributed by atoms with E-state index in [-0.39, 0.29) is 0 Å². The third-order valence-electron chi connectivity index (χ3n) is 4.63. The second-order valence-electron chi connectivity index (χ2n) is 6.96. The maximum atomic E-state index is 5.47. The fourth-order valence-electron chi connectivity index (χ4n) is 3.10. The van der Waals surface area contributed by atoms with Gasteiger partial charge in [-0.3, -0.25) is 0 Å². The van der Waals surface area contributed by atoms with Crippen LogP contribution in [0.25, 0.3) is 0 Å². The molecule has 1 nitrogen and oxygen atoms in total. The molecule has 0 aromatic rings. The van der Waals surface area contributed by atoms with Crippen molar-refractivity contribution in [2.24, 2.45) is 5.73 Å². The third kappa shape index (κ3) is 20.0. The molecule has 0 bridgehead atoms. The van der Waals surface area contributed by atoms with Crippen LogP contribution in [0.2, 0.25) is 0 Å². The Labute approximate surface area is 141 Å². The van der Waals surface area contributed by atoms with Crippen molar-refractivity contribution in [1.29, 1.82) is 0 Å². The van der Waals surface area contributed by atoms with E-state index in [1.54, 1.807) is 0 Å². The average Bonchev–Trinajstić information content (AvgIpc) is 2.54. The van der Waals surface area contributed by atoms with Crippen LogP contribution in [0.3, 0.4) is 0 Å². The van der Waals surface area contributed by atoms with Crippen molar-refractivity contribution in [3.63, 3.8) is 0 Å². The van der Waals surface area contributed by atoms with E-state index in [1.807, 2.05) is 0 Å². The molecule has 0 aliphatic heterocycles. The molecule has 0 amide bonds. The van der Waals surface area contributed by atoms with Gasteiger partial charge in [-0.2, -0.15) is 0 Å². The summed E-state index contributed by atoms with van der Waals surface area (Å²) in [5.74, 6) is 0. The minimum atomic E-state index is 0.818. The van der Waals surface area contributed by atoms with Crippen LogP contribution >= 0.6 is 0 Å². The molecule has 0 saturated carbocycles. The average molecular weight is 311 g/mol. The lowest BCUT2D eigenvalue weighted by atomic mass is 10.0. The molecule has 0 aromatic carbocycles. The zero-order valence-electron chi connectivity index (χ0n) is 15.6. The molecule has 0 aliphatic carbocycles. The molecule has 0 aromatic heterocycles. The van der Waals surface area contributed by atoms with Gasteiger partial charge in [-0.1, -0.05) is 116 Å². The monoisotopic (exact) mass is 310 g/mol. The lowest BCUT2D eigenvalue weighted by Gasteiger charge is -2.03. The Bertz CT molecular complexity index is 159. The van der Waals surface area contributed by atoms with Crippen molar-refractivity contribution in [2.75, 3.05) is 6.54 Å². The lowest BCUT2D eigenvalue weighted by molar-refractivity contribution is 0.529. The summed E-state index contributed by atoms with van der Waals surface area (Å²) in [6.07, 6.45) is 27.9. The fraction of sp³-hybridized carbons (Fsp3) is 0.952. The molecule has 0 atom stereocenters. The van der Waals surface area contributed by atoms with Gasteiger partial charge < -0.3 is 5.73 Å². The molecule has 1 heteroatoms. The molecule has 1 radical (unpaired) electrons. The van der Waals surface area contributed by atoms with E-state index in [0.29, 0.717) is 0 Å². The van der Waals surface area contributed by atoms with E-state index < -0.39 is 0 Å². The highest BCUT2D eigenvalue weighted by Crippen LogP contribution is 2.14. The predicted octanol–water partition coefficient (Wildman–Crippen LogP) is 7.19. The largest absolute Gasteiger partial charge is 0.330 e. The molecule has 133 valence electrons. The van der Waals surface area contributed by atoms with Crippen LogP contribution in [0.1, 0.15) is 122 Å².